The van der Waals surface area contributed by atoms with Gasteiger partial charge in [0.2, 0.25) is 0 Å². The molecule has 9 heteroatoms. The van der Waals surface area contributed by atoms with Crippen LogP contribution in [0.2, 0.25) is 10.0 Å². The van der Waals surface area contributed by atoms with Crippen LogP contribution in [0.4, 0.5) is 14.5 Å². The van der Waals surface area contributed by atoms with Crippen molar-refractivity contribution in [3.63, 3.8) is 0 Å². The van der Waals surface area contributed by atoms with E-state index < -0.39 is 35.1 Å². The quantitative estimate of drug-likeness (QED) is 0.327. The maximum absolute atomic E-state index is 14.6. The van der Waals surface area contributed by atoms with Gasteiger partial charge >= 0.3 is 0 Å². The number of pyridine rings is 1. The van der Waals surface area contributed by atoms with E-state index in [9.17, 15) is 23.5 Å². The summed E-state index contributed by atoms with van der Waals surface area (Å²) in [5.41, 5.74) is -0.126. The fraction of sp³-hybridized carbons (Fsp3) is 0.0455. The number of carbonyl (C=O) groups is 2. The zero-order chi connectivity index (χ0) is 22.3. The zero-order valence-electron chi connectivity index (χ0n) is 15.5. The molecule has 2 aromatic carbocycles. The topological polar surface area (TPSA) is 70.5 Å². The average molecular weight is 461 g/mol. The van der Waals surface area contributed by atoms with E-state index in [0.717, 1.165) is 17.0 Å². The number of aliphatic hydroxyl groups is 1. The van der Waals surface area contributed by atoms with E-state index in [1.165, 1.54) is 30.6 Å². The summed E-state index contributed by atoms with van der Waals surface area (Å²) < 4.78 is 28.0. The molecule has 4 rings (SSSR count). The van der Waals surface area contributed by atoms with Gasteiger partial charge in [0.05, 0.1) is 27.3 Å². The van der Waals surface area contributed by atoms with Gasteiger partial charge in [0.25, 0.3) is 11.7 Å². The molecule has 0 radical (unpaired) electrons. The number of ketones is 1. The fourth-order valence-corrected chi connectivity index (χ4v) is 3.71. The second-order valence-corrected chi connectivity index (χ2v) is 7.49. The van der Waals surface area contributed by atoms with Gasteiger partial charge < -0.3 is 5.11 Å². The minimum atomic E-state index is -1.21. The number of halogens is 4. The molecular formula is C22H12Cl2F2N2O3. The van der Waals surface area contributed by atoms with Crippen molar-refractivity contribution < 1.29 is 23.5 Å². The van der Waals surface area contributed by atoms with Gasteiger partial charge in [0.1, 0.15) is 17.4 Å². The predicted octanol–water partition coefficient (Wildman–Crippen LogP) is 5.29. The van der Waals surface area contributed by atoms with E-state index in [0.29, 0.717) is 11.6 Å². The SMILES string of the molecule is O=C1C(=O)N(c2ccc(F)cc2F)C(c2cccnc2)/C1=C(\O)c1ccc(Cl)c(Cl)c1. The van der Waals surface area contributed by atoms with Crippen molar-refractivity contribution in [2.45, 2.75) is 6.04 Å². The number of Topliss-reactive ketones (excluding diaryl/α,β-unsaturated/α-hetero) is 1. The highest BCUT2D eigenvalue weighted by Crippen LogP contribution is 2.43. The number of carbonyl (C=O) groups excluding carboxylic acids is 2. The van der Waals surface area contributed by atoms with E-state index in [-0.39, 0.29) is 26.9 Å². The second kappa shape index (κ2) is 8.09. The summed E-state index contributed by atoms with van der Waals surface area (Å²) in [6.07, 6.45) is 2.86. The van der Waals surface area contributed by atoms with Gasteiger partial charge in [0.15, 0.2) is 0 Å². The largest absolute Gasteiger partial charge is 0.507 e. The Hall–Kier alpha value is -3.29. The van der Waals surface area contributed by atoms with Crippen molar-refractivity contribution in [3.8, 4) is 0 Å². The summed E-state index contributed by atoms with van der Waals surface area (Å²) in [7, 11) is 0. The van der Waals surface area contributed by atoms with Crippen LogP contribution in [0.25, 0.3) is 5.76 Å². The lowest BCUT2D eigenvalue weighted by atomic mass is 9.96. The minimum absolute atomic E-state index is 0.127. The van der Waals surface area contributed by atoms with Crippen molar-refractivity contribution in [2.24, 2.45) is 0 Å². The number of hydrogen-bond acceptors (Lipinski definition) is 4. The molecule has 1 N–H and O–H groups in total. The second-order valence-electron chi connectivity index (χ2n) is 6.68. The molecule has 1 aromatic heterocycles. The highest BCUT2D eigenvalue weighted by molar-refractivity contribution is 6.51. The maximum Gasteiger partial charge on any atom is 0.300 e. The molecule has 1 fully saturated rings. The first-order valence-electron chi connectivity index (χ1n) is 8.91. The fourth-order valence-electron chi connectivity index (χ4n) is 3.41. The monoisotopic (exact) mass is 460 g/mol. The number of hydrogen-bond donors (Lipinski definition) is 1. The van der Waals surface area contributed by atoms with Crippen molar-refractivity contribution >= 4 is 46.3 Å². The summed E-state index contributed by atoms with van der Waals surface area (Å²) >= 11 is 11.9. The average Bonchev–Trinajstić information content (AvgIpc) is 3.01. The van der Waals surface area contributed by atoms with E-state index >= 15 is 0 Å². The summed E-state index contributed by atoms with van der Waals surface area (Å²) in [5.74, 6) is -4.52. The molecule has 2 heterocycles. The number of aromatic nitrogens is 1. The molecule has 1 atom stereocenters. The van der Waals surface area contributed by atoms with Crippen molar-refractivity contribution in [1.29, 1.82) is 0 Å². The smallest absolute Gasteiger partial charge is 0.300 e. The standard InChI is InChI=1S/C22H12Cl2F2N2O3/c23-14-5-3-11(8-15(14)24)20(29)18-19(12-2-1-7-27-10-12)28(22(31)21(18)30)17-6-4-13(25)9-16(17)26/h1-10,19,29H/b20-18+. The summed E-state index contributed by atoms with van der Waals surface area (Å²) in [6.45, 7) is 0. The lowest BCUT2D eigenvalue weighted by molar-refractivity contribution is -0.132. The summed E-state index contributed by atoms with van der Waals surface area (Å²) in [4.78, 5) is 30.7. The van der Waals surface area contributed by atoms with Gasteiger partial charge in [-0.15, -0.1) is 0 Å². The molecule has 1 amide bonds. The first kappa shape index (κ1) is 21.0. The predicted molar refractivity (Wildman–Crippen MR) is 112 cm³/mol. The molecule has 1 aliphatic rings. The molecule has 5 nitrogen and oxygen atoms in total. The molecular weight excluding hydrogens is 449 g/mol. The number of benzene rings is 2. The van der Waals surface area contributed by atoms with Crippen molar-refractivity contribution in [1.82, 2.24) is 4.98 Å². The number of nitrogens with zero attached hydrogens (tertiary/aromatic N) is 2. The molecule has 156 valence electrons. The molecule has 1 aliphatic heterocycles. The first-order chi connectivity index (χ1) is 14.8. The van der Waals surface area contributed by atoms with Crippen LogP contribution >= 0.6 is 23.2 Å². The minimum Gasteiger partial charge on any atom is -0.507 e. The first-order valence-corrected chi connectivity index (χ1v) is 9.66. The molecule has 3 aromatic rings. The molecule has 0 spiro atoms. The highest BCUT2D eigenvalue weighted by atomic mass is 35.5. The Morgan fingerprint density at radius 2 is 1.81 bits per heavy atom. The van der Waals surface area contributed by atoms with E-state index in [1.54, 1.807) is 12.1 Å². The van der Waals surface area contributed by atoms with Crippen LogP contribution < -0.4 is 4.90 Å². The van der Waals surface area contributed by atoms with Crippen LogP contribution in [-0.4, -0.2) is 21.8 Å². The van der Waals surface area contributed by atoms with E-state index in [4.69, 9.17) is 23.2 Å². The lowest BCUT2D eigenvalue weighted by Crippen LogP contribution is -2.30. The lowest BCUT2D eigenvalue weighted by Gasteiger charge is -2.25. The third-order valence-electron chi connectivity index (χ3n) is 4.81. The highest BCUT2D eigenvalue weighted by Gasteiger charge is 2.47. The van der Waals surface area contributed by atoms with Gasteiger partial charge in [-0.25, -0.2) is 8.78 Å². The van der Waals surface area contributed by atoms with Gasteiger partial charge in [-0.1, -0.05) is 29.3 Å². The van der Waals surface area contributed by atoms with Gasteiger partial charge in [0, 0.05) is 24.0 Å². The van der Waals surface area contributed by atoms with Crippen LogP contribution in [0.3, 0.4) is 0 Å². The number of amides is 1. The molecule has 31 heavy (non-hydrogen) atoms. The van der Waals surface area contributed by atoms with Crippen LogP contribution in [0, 0.1) is 11.6 Å². The Labute approximate surface area is 185 Å². The Morgan fingerprint density at radius 1 is 1.03 bits per heavy atom. The van der Waals surface area contributed by atoms with E-state index in [2.05, 4.69) is 4.98 Å². The maximum atomic E-state index is 14.6. The van der Waals surface area contributed by atoms with Gasteiger partial charge in [-0.2, -0.15) is 0 Å². The summed E-state index contributed by atoms with van der Waals surface area (Å²) in [6, 6.07) is 8.75. The van der Waals surface area contributed by atoms with Crippen LogP contribution in [0.15, 0.2) is 66.5 Å². The van der Waals surface area contributed by atoms with Crippen LogP contribution in [0.5, 0.6) is 0 Å². The molecule has 1 unspecified atom stereocenters. The van der Waals surface area contributed by atoms with Gasteiger partial charge in [-0.3, -0.25) is 19.5 Å². The van der Waals surface area contributed by atoms with Gasteiger partial charge in [-0.05, 0) is 42.0 Å². The normalized spacial score (nSPS) is 17.9. The number of rotatable bonds is 3. The zero-order valence-corrected chi connectivity index (χ0v) is 17.0. The third-order valence-corrected chi connectivity index (χ3v) is 5.55. The Balaban J connectivity index is 1.97. The molecule has 0 aliphatic carbocycles. The Bertz CT molecular complexity index is 1250. The third kappa shape index (κ3) is 3.66. The number of anilines is 1. The Kier molecular flexibility index (Phi) is 5.47. The van der Waals surface area contributed by atoms with Crippen molar-refractivity contribution in [3.05, 3.63) is 99.3 Å². The molecule has 0 bridgehead atoms. The number of aliphatic hydroxyl groups excluding tert-OH is 1. The van der Waals surface area contributed by atoms with Crippen molar-refractivity contribution in [2.75, 3.05) is 4.90 Å². The summed E-state index contributed by atoms with van der Waals surface area (Å²) in [5, 5.41) is 11.3. The molecule has 1 saturated heterocycles. The van der Waals surface area contributed by atoms with Crippen LogP contribution in [0.1, 0.15) is 17.2 Å². The van der Waals surface area contributed by atoms with Crippen LogP contribution in [-0.2, 0) is 9.59 Å². The van der Waals surface area contributed by atoms with E-state index in [1.807, 2.05) is 0 Å². The molecule has 0 saturated carbocycles. The Morgan fingerprint density at radius 3 is 2.45 bits per heavy atom.